The number of aromatic nitrogens is 2. The van der Waals surface area contributed by atoms with E-state index in [9.17, 15) is 14.3 Å². The number of benzene rings is 1. The van der Waals surface area contributed by atoms with Crippen molar-refractivity contribution in [2.45, 2.75) is 25.5 Å². The summed E-state index contributed by atoms with van der Waals surface area (Å²) >= 11 is 0. The molecule has 1 amide bonds. The Morgan fingerprint density at radius 1 is 1.32 bits per heavy atom. The van der Waals surface area contributed by atoms with E-state index >= 15 is 0 Å². The van der Waals surface area contributed by atoms with Gasteiger partial charge >= 0.3 is 0 Å². The fourth-order valence-electron chi connectivity index (χ4n) is 3.40. The van der Waals surface area contributed by atoms with Crippen LogP contribution in [0.5, 0.6) is 0 Å². The lowest BCUT2D eigenvalue weighted by molar-refractivity contribution is -0.119. The number of aliphatic hydroxyl groups is 1. The number of pyridine rings is 1. The van der Waals surface area contributed by atoms with E-state index < -0.39 is 6.10 Å². The molecule has 1 aliphatic heterocycles. The Morgan fingerprint density at radius 3 is 3.08 bits per heavy atom. The van der Waals surface area contributed by atoms with E-state index in [-0.39, 0.29) is 24.7 Å². The highest BCUT2D eigenvalue weighted by molar-refractivity contribution is 5.94. The first kappa shape index (κ1) is 15.8. The van der Waals surface area contributed by atoms with Crippen LogP contribution in [0.2, 0.25) is 0 Å². The molecule has 0 saturated carbocycles. The zero-order chi connectivity index (χ0) is 17.4. The number of amides is 1. The van der Waals surface area contributed by atoms with E-state index in [4.69, 9.17) is 0 Å². The number of hydrogen-bond donors (Lipinski definition) is 1. The van der Waals surface area contributed by atoms with Gasteiger partial charge in [0.05, 0.1) is 12.6 Å². The molecule has 1 aliphatic rings. The highest BCUT2D eigenvalue weighted by atomic mass is 19.1. The number of rotatable bonds is 3. The molecule has 3 aromatic rings. The van der Waals surface area contributed by atoms with Crippen molar-refractivity contribution < 1.29 is 14.3 Å². The number of carbonyl (C=O) groups excluding carboxylic acids is 1. The first-order valence-electron chi connectivity index (χ1n) is 8.28. The Hall–Kier alpha value is -2.73. The molecule has 4 rings (SSSR count). The number of hydrogen-bond acceptors (Lipinski definition) is 3. The number of carbonyl (C=O) groups is 1. The molecule has 1 atom stereocenters. The van der Waals surface area contributed by atoms with E-state index in [1.54, 1.807) is 17.2 Å². The summed E-state index contributed by atoms with van der Waals surface area (Å²) in [5.74, 6) is -0.450. The molecule has 5 nitrogen and oxygen atoms in total. The van der Waals surface area contributed by atoms with Gasteiger partial charge in [-0.15, -0.1) is 0 Å². The van der Waals surface area contributed by atoms with Gasteiger partial charge < -0.3 is 14.6 Å². The Balaban J connectivity index is 1.53. The first-order chi connectivity index (χ1) is 12.1. The second-order valence-corrected chi connectivity index (χ2v) is 6.31. The third-order valence-electron chi connectivity index (χ3n) is 4.57. The summed E-state index contributed by atoms with van der Waals surface area (Å²) in [7, 11) is 0. The molecule has 1 aromatic carbocycles. The average molecular weight is 339 g/mol. The highest BCUT2D eigenvalue weighted by Gasteiger charge is 2.27. The summed E-state index contributed by atoms with van der Waals surface area (Å²) in [6.45, 7) is 0.741. The van der Waals surface area contributed by atoms with Crippen LogP contribution in [0.15, 0.2) is 48.8 Å². The molecule has 0 spiro atoms. The van der Waals surface area contributed by atoms with Crippen molar-refractivity contribution in [3.63, 3.8) is 0 Å². The molecule has 3 heterocycles. The molecule has 6 heteroatoms. The van der Waals surface area contributed by atoms with Gasteiger partial charge in [-0.3, -0.25) is 4.79 Å². The van der Waals surface area contributed by atoms with Crippen molar-refractivity contribution in [2.75, 3.05) is 11.4 Å². The van der Waals surface area contributed by atoms with Crippen molar-refractivity contribution in [3.8, 4) is 0 Å². The van der Waals surface area contributed by atoms with Crippen LogP contribution in [-0.2, 0) is 17.8 Å². The largest absolute Gasteiger partial charge is 0.391 e. The smallest absolute Gasteiger partial charge is 0.228 e. The fraction of sp³-hybridized carbons (Fsp3) is 0.263. The van der Waals surface area contributed by atoms with Gasteiger partial charge in [-0.2, -0.15) is 0 Å². The minimum Gasteiger partial charge on any atom is -0.391 e. The van der Waals surface area contributed by atoms with Crippen molar-refractivity contribution in [1.29, 1.82) is 0 Å². The Bertz CT molecular complexity index is 937. The quantitative estimate of drug-likeness (QED) is 0.798. The minimum atomic E-state index is -0.674. The van der Waals surface area contributed by atoms with E-state index in [1.165, 1.54) is 12.1 Å². The van der Waals surface area contributed by atoms with Crippen molar-refractivity contribution in [1.82, 2.24) is 9.55 Å². The molecule has 128 valence electrons. The van der Waals surface area contributed by atoms with Crippen LogP contribution in [0.3, 0.4) is 0 Å². The summed E-state index contributed by atoms with van der Waals surface area (Å²) in [6.07, 6.45) is 3.62. The summed E-state index contributed by atoms with van der Waals surface area (Å²) in [4.78, 5) is 18.6. The van der Waals surface area contributed by atoms with E-state index in [0.29, 0.717) is 24.2 Å². The maximum Gasteiger partial charge on any atom is 0.228 e. The van der Waals surface area contributed by atoms with E-state index in [2.05, 4.69) is 4.98 Å². The van der Waals surface area contributed by atoms with Crippen LogP contribution >= 0.6 is 0 Å². The maximum absolute atomic E-state index is 13.4. The topological polar surface area (TPSA) is 58.4 Å². The lowest BCUT2D eigenvalue weighted by atomic mass is 9.99. The second kappa shape index (κ2) is 6.29. The molecule has 1 N–H and O–H groups in total. The molecule has 2 aromatic heterocycles. The standard InChI is InChI=1S/C19H18FN3O2/c20-15-3-4-17-14(10-15)11-16(24)12-23(17)18(25)6-9-22-8-5-13-2-1-7-21-19(13)22/h1-5,7-8,10,16,24H,6,9,11-12H2. The lowest BCUT2D eigenvalue weighted by Crippen LogP contribution is -2.42. The number of halogens is 1. The normalized spacial score (nSPS) is 16.9. The van der Waals surface area contributed by atoms with Crippen molar-refractivity contribution >= 4 is 22.6 Å². The molecule has 0 fully saturated rings. The van der Waals surface area contributed by atoms with Gasteiger partial charge in [0, 0.05) is 42.9 Å². The van der Waals surface area contributed by atoms with Crippen LogP contribution in [-0.4, -0.2) is 33.2 Å². The Kier molecular flexibility index (Phi) is 3.97. The summed E-state index contributed by atoms with van der Waals surface area (Å²) in [5.41, 5.74) is 2.20. The third kappa shape index (κ3) is 3.00. The summed E-state index contributed by atoms with van der Waals surface area (Å²) in [5, 5.41) is 11.1. The van der Waals surface area contributed by atoms with Gasteiger partial charge in [0.2, 0.25) is 5.91 Å². The maximum atomic E-state index is 13.4. The van der Waals surface area contributed by atoms with Gasteiger partial charge in [-0.1, -0.05) is 0 Å². The molecule has 0 radical (unpaired) electrons. The number of aliphatic hydroxyl groups excluding tert-OH is 1. The van der Waals surface area contributed by atoms with Crippen LogP contribution in [0.1, 0.15) is 12.0 Å². The number of β-amino-alcohol motifs (C(OH)–C–C–N with tert-alkyl or cyclic N) is 1. The molecule has 1 unspecified atom stereocenters. The Morgan fingerprint density at radius 2 is 2.20 bits per heavy atom. The van der Waals surface area contributed by atoms with Gasteiger partial charge in [0.15, 0.2) is 0 Å². The molecule has 25 heavy (non-hydrogen) atoms. The van der Waals surface area contributed by atoms with Crippen molar-refractivity contribution in [2.24, 2.45) is 0 Å². The predicted molar refractivity (Wildman–Crippen MR) is 92.8 cm³/mol. The SMILES string of the molecule is O=C(CCn1ccc2cccnc21)N1CC(O)Cc2cc(F)ccc21. The number of nitrogens with zero attached hydrogens (tertiary/aromatic N) is 3. The average Bonchev–Trinajstić information content (AvgIpc) is 3.01. The van der Waals surface area contributed by atoms with E-state index in [0.717, 1.165) is 11.0 Å². The summed E-state index contributed by atoms with van der Waals surface area (Å²) in [6, 6.07) is 10.2. The van der Waals surface area contributed by atoms with Gasteiger partial charge in [-0.25, -0.2) is 9.37 Å². The molecular weight excluding hydrogens is 321 g/mol. The van der Waals surface area contributed by atoms with Gasteiger partial charge in [-0.05, 0) is 42.0 Å². The monoisotopic (exact) mass is 339 g/mol. The Labute approximate surface area is 144 Å². The third-order valence-corrected chi connectivity index (χ3v) is 4.57. The van der Waals surface area contributed by atoms with Crippen LogP contribution in [0.25, 0.3) is 11.0 Å². The highest BCUT2D eigenvalue weighted by Crippen LogP contribution is 2.28. The number of anilines is 1. The number of fused-ring (bicyclic) bond motifs is 2. The van der Waals surface area contributed by atoms with Gasteiger partial charge in [0.25, 0.3) is 0 Å². The minimum absolute atomic E-state index is 0.0932. The molecule has 0 saturated heterocycles. The molecular formula is C19H18FN3O2. The summed E-state index contributed by atoms with van der Waals surface area (Å²) < 4.78 is 15.4. The van der Waals surface area contributed by atoms with E-state index in [1.807, 2.05) is 29.0 Å². The van der Waals surface area contributed by atoms with Crippen molar-refractivity contribution in [3.05, 3.63) is 60.2 Å². The first-order valence-corrected chi connectivity index (χ1v) is 8.28. The fourth-order valence-corrected chi connectivity index (χ4v) is 3.40. The zero-order valence-corrected chi connectivity index (χ0v) is 13.6. The lowest BCUT2D eigenvalue weighted by Gasteiger charge is -2.32. The number of aryl methyl sites for hydroxylation is 1. The van der Waals surface area contributed by atoms with Gasteiger partial charge in [0.1, 0.15) is 11.5 Å². The van der Waals surface area contributed by atoms with Crippen LogP contribution < -0.4 is 4.90 Å². The molecule has 0 bridgehead atoms. The zero-order valence-electron chi connectivity index (χ0n) is 13.6. The molecule has 0 aliphatic carbocycles. The van der Waals surface area contributed by atoms with Crippen LogP contribution in [0.4, 0.5) is 10.1 Å². The predicted octanol–water partition coefficient (Wildman–Crippen LogP) is 2.52. The van der Waals surface area contributed by atoms with Crippen LogP contribution in [0, 0.1) is 5.82 Å². The second-order valence-electron chi connectivity index (χ2n) is 6.31.